The van der Waals surface area contributed by atoms with Gasteiger partial charge >= 0.3 is 0 Å². The predicted octanol–water partition coefficient (Wildman–Crippen LogP) is 3.59. The molecule has 2 rings (SSSR count). The molecule has 16 heavy (non-hydrogen) atoms. The predicted molar refractivity (Wildman–Crippen MR) is 66.2 cm³/mol. The lowest BCUT2D eigenvalue weighted by Crippen LogP contribution is -1.93. The first-order chi connectivity index (χ1) is 7.77. The van der Waals surface area contributed by atoms with Crippen molar-refractivity contribution in [3.63, 3.8) is 0 Å². The lowest BCUT2D eigenvalue weighted by Gasteiger charge is -2.05. The van der Waals surface area contributed by atoms with Crippen molar-refractivity contribution in [1.82, 2.24) is 4.57 Å². The van der Waals surface area contributed by atoms with Crippen LogP contribution >= 0.6 is 0 Å². The number of para-hydroxylation sites is 1. The van der Waals surface area contributed by atoms with Crippen LogP contribution in [0.15, 0.2) is 30.5 Å². The number of aromatic nitrogens is 1. The van der Waals surface area contributed by atoms with Crippen LogP contribution in [0.25, 0.3) is 10.9 Å². The molecule has 1 aromatic heterocycles. The lowest BCUT2D eigenvalue weighted by molar-refractivity contribution is 0.728. The first kappa shape index (κ1) is 10.8. The fourth-order valence-corrected chi connectivity index (χ4v) is 2.23. The average Bonchev–Trinajstić information content (AvgIpc) is 2.65. The van der Waals surface area contributed by atoms with Crippen molar-refractivity contribution in [3.8, 4) is 6.07 Å². The number of benzene rings is 1. The largest absolute Gasteiger partial charge is 0.350 e. The van der Waals surface area contributed by atoms with Gasteiger partial charge in [-0.1, -0.05) is 31.5 Å². The number of nitriles is 1. The summed E-state index contributed by atoms with van der Waals surface area (Å²) in [6.07, 6.45) is 4.07. The van der Waals surface area contributed by atoms with Gasteiger partial charge < -0.3 is 4.57 Å². The molecule has 0 N–H and O–H groups in total. The smallest absolute Gasteiger partial charge is 0.0733 e. The maximum atomic E-state index is 9.22. The van der Waals surface area contributed by atoms with Crippen molar-refractivity contribution < 1.29 is 0 Å². The Morgan fingerprint density at radius 1 is 1.38 bits per heavy atom. The second kappa shape index (κ2) is 4.40. The van der Waals surface area contributed by atoms with E-state index in [1.165, 1.54) is 16.5 Å². The van der Waals surface area contributed by atoms with Gasteiger partial charge in [-0.15, -0.1) is 0 Å². The van der Waals surface area contributed by atoms with Crippen molar-refractivity contribution >= 4 is 10.9 Å². The van der Waals surface area contributed by atoms with Crippen LogP contribution in [-0.4, -0.2) is 4.57 Å². The number of rotatable bonds is 3. The third-order valence-corrected chi connectivity index (χ3v) is 3.04. The minimum Gasteiger partial charge on any atom is -0.350 e. The number of aryl methyl sites for hydroxylation is 1. The van der Waals surface area contributed by atoms with Gasteiger partial charge in [0.25, 0.3) is 0 Å². The molecule has 0 radical (unpaired) electrons. The summed E-state index contributed by atoms with van der Waals surface area (Å²) < 4.78 is 2.10. The summed E-state index contributed by atoms with van der Waals surface area (Å²) in [5, 5.41) is 10.4. The maximum absolute atomic E-state index is 9.22. The van der Waals surface area contributed by atoms with E-state index in [9.17, 15) is 5.26 Å². The zero-order chi connectivity index (χ0) is 11.5. The molecule has 0 spiro atoms. The Morgan fingerprint density at radius 2 is 2.12 bits per heavy atom. The third kappa shape index (κ3) is 1.69. The standard InChI is InChI=1S/C14H16N2/c1-3-6-11(9-15)13-10-16(2)14-8-5-4-7-12(13)14/h4-5,7-8,10-11H,3,6H2,1-2H3. The van der Waals surface area contributed by atoms with Crippen LogP contribution in [0.3, 0.4) is 0 Å². The first-order valence-electron chi connectivity index (χ1n) is 5.71. The molecule has 1 aromatic carbocycles. The van der Waals surface area contributed by atoms with Crippen molar-refractivity contribution in [3.05, 3.63) is 36.0 Å². The summed E-state index contributed by atoms with van der Waals surface area (Å²) in [5.41, 5.74) is 2.37. The van der Waals surface area contributed by atoms with Gasteiger partial charge in [-0.25, -0.2) is 0 Å². The summed E-state index contributed by atoms with van der Waals surface area (Å²) >= 11 is 0. The molecular weight excluding hydrogens is 196 g/mol. The highest BCUT2D eigenvalue weighted by Gasteiger charge is 2.15. The quantitative estimate of drug-likeness (QED) is 0.764. The SMILES string of the molecule is CCCC(C#N)c1cn(C)c2ccccc12. The highest BCUT2D eigenvalue weighted by atomic mass is 14.9. The Labute approximate surface area is 96.1 Å². The summed E-state index contributed by atoms with van der Waals surface area (Å²) in [7, 11) is 2.03. The van der Waals surface area contributed by atoms with Crippen molar-refractivity contribution in [2.45, 2.75) is 25.7 Å². The zero-order valence-corrected chi connectivity index (χ0v) is 9.77. The van der Waals surface area contributed by atoms with Gasteiger partial charge in [0.2, 0.25) is 0 Å². The molecule has 0 saturated carbocycles. The third-order valence-electron chi connectivity index (χ3n) is 3.04. The van der Waals surface area contributed by atoms with E-state index in [1.54, 1.807) is 0 Å². The Balaban J connectivity index is 2.56. The maximum Gasteiger partial charge on any atom is 0.0733 e. The van der Waals surface area contributed by atoms with Gasteiger partial charge in [0.1, 0.15) is 0 Å². The molecular formula is C14H16N2. The van der Waals surface area contributed by atoms with Gasteiger partial charge in [-0.3, -0.25) is 0 Å². The second-order valence-corrected chi connectivity index (χ2v) is 4.18. The Bertz CT molecular complexity index is 531. The highest BCUT2D eigenvalue weighted by molar-refractivity contribution is 5.84. The van der Waals surface area contributed by atoms with Gasteiger partial charge in [0, 0.05) is 24.1 Å². The van der Waals surface area contributed by atoms with Gasteiger partial charge in [0.05, 0.1) is 12.0 Å². The van der Waals surface area contributed by atoms with Gasteiger partial charge in [0.15, 0.2) is 0 Å². The van der Waals surface area contributed by atoms with Crippen LogP contribution in [0, 0.1) is 11.3 Å². The van der Waals surface area contributed by atoms with E-state index in [2.05, 4.69) is 35.9 Å². The van der Waals surface area contributed by atoms with E-state index >= 15 is 0 Å². The topological polar surface area (TPSA) is 28.7 Å². The van der Waals surface area contributed by atoms with Crippen molar-refractivity contribution in [2.75, 3.05) is 0 Å². The zero-order valence-electron chi connectivity index (χ0n) is 9.77. The second-order valence-electron chi connectivity index (χ2n) is 4.18. The Morgan fingerprint density at radius 3 is 2.81 bits per heavy atom. The molecule has 1 heterocycles. The molecule has 0 fully saturated rings. The van der Waals surface area contributed by atoms with Gasteiger partial charge in [-0.2, -0.15) is 5.26 Å². The fraction of sp³-hybridized carbons (Fsp3) is 0.357. The molecule has 0 aliphatic carbocycles. The number of nitrogens with zero attached hydrogens (tertiary/aromatic N) is 2. The van der Waals surface area contributed by atoms with Crippen LogP contribution in [0.2, 0.25) is 0 Å². The minimum absolute atomic E-state index is 0.0242. The van der Waals surface area contributed by atoms with Crippen molar-refractivity contribution in [1.29, 1.82) is 5.26 Å². The van der Waals surface area contributed by atoms with E-state index in [0.29, 0.717) is 0 Å². The van der Waals surface area contributed by atoms with E-state index in [0.717, 1.165) is 12.8 Å². The van der Waals surface area contributed by atoms with Crippen LogP contribution in [0.5, 0.6) is 0 Å². The van der Waals surface area contributed by atoms with E-state index in [4.69, 9.17) is 0 Å². The summed E-state index contributed by atoms with van der Waals surface area (Å²) in [5.74, 6) is 0.0242. The summed E-state index contributed by atoms with van der Waals surface area (Å²) in [6.45, 7) is 2.12. The molecule has 1 atom stereocenters. The Hall–Kier alpha value is -1.75. The normalized spacial score (nSPS) is 12.6. The van der Waals surface area contributed by atoms with Gasteiger partial charge in [-0.05, 0) is 18.1 Å². The fourth-order valence-electron chi connectivity index (χ4n) is 2.23. The molecule has 0 saturated heterocycles. The molecule has 82 valence electrons. The summed E-state index contributed by atoms with van der Waals surface area (Å²) in [4.78, 5) is 0. The van der Waals surface area contributed by atoms with E-state index in [-0.39, 0.29) is 5.92 Å². The van der Waals surface area contributed by atoms with Crippen LogP contribution in [-0.2, 0) is 7.05 Å². The van der Waals surface area contributed by atoms with Crippen molar-refractivity contribution in [2.24, 2.45) is 7.05 Å². The molecule has 0 amide bonds. The van der Waals surface area contributed by atoms with Crippen LogP contribution < -0.4 is 0 Å². The highest BCUT2D eigenvalue weighted by Crippen LogP contribution is 2.29. The lowest BCUT2D eigenvalue weighted by atomic mass is 9.96. The number of fused-ring (bicyclic) bond motifs is 1. The van der Waals surface area contributed by atoms with Crippen LogP contribution in [0.1, 0.15) is 31.2 Å². The molecule has 1 unspecified atom stereocenters. The Kier molecular flexibility index (Phi) is 2.96. The van der Waals surface area contributed by atoms with E-state index < -0.39 is 0 Å². The molecule has 2 aromatic rings. The minimum atomic E-state index is 0.0242. The van der Waals surface area contributed by atoms with Crippen LogP contribution in [0.4, 0.5) is 0 Å². The van der Waals surface area contributed by atoms with E-state index in [1.807, 2.05) is 19.2 Å². The average molecular weight is 212 g/mol. The molecule has 2 nitrogen and oxygen atoms in total. The molecule has 0 bridgehead atoms. The monoisotopic (exact) mass is 212 g/mol. The first-order valence-corrected chi connectivity index (χ1v) is 5.71. The molecule has 0 aliphatic heterocycles. The molecule has 0 aliphatic rings. The number of hydrogen-bond donors (Lipinski definition) is 0. The summed E-state index contributed by atoms with van der Waals surface area (Å²) in [6, 6.07) is 10.7. The number of hydrogen-bond acceptors (Lipinski definition) is 1. The molecule has 2 heteroatoms.